The number of rotatable bonds is 3. The highest BCUT2D eigenvalue weighted by Crippen LogP contribution is 2.42. The standard InChI is InChI=1S/C13H20O5/c1-15-8-4-12-13(18-12)5-10(8)16-7-3-11-9(17-11)2-6(7)14/h6-14H,2-5H2,1H3. The molecule has 102 valence electrons. The van der Waals surface area contributed by atoms with E-state index < -0.39 is 6.10 Å². The van der Waals surface area contributed by atoms with Gasteiger partial charge in [0.25, 0.3) is 0 Å². The third-order valence-electron chi connectivity index (χ3n) is 4.74. The summed E-state index contributed by atoms with van der Waals surface area (Å²) in [5.74, 6) is 0. The first-order valence-corrected chi connectivity index (χ1v) is 6.92. The average molecular weight is 256 g/mol. The molecule has 2 aliphatic carbocycles. The highest BCUT2D eigenvalue weighted by molar-refractivity contribution is 5.00. The Hall–Kier alpha value is -0.200. The average Bonchev–Trinajstić information content (AvgIpc) is 3.23. The van der Waals surface area contributed by atoms with E-state index in [4.69, 9.17) is 18.9 Å². The van der Waals surface area contributed by atoms with E-state index in [0.717, 1.165) is 19.3 Å². The summed E-state index contributed by atoms with van der Waals surface area (Å²) in [4.78, 5) is 0. The van der Waals surface area contributed by atoms with E-state index in [9.17, 15) is 5.11 Å². The van der Waals surface area contributed by atoms with Crippen molar-refractivity contribution in [3.63, 3.8) is 0 Å². The van der Waals surface area contributed by atoms with Gasteiger partial charge < -0.3 is 24.1 Å². The fourth-order valence-corrected chi connectivity index (χ4v) is 3.49. The van der Waals surface area contributed by atoms with Crippen molar-refractivity contribution in [1.29, 1.82) is 0 Å². The van der Waals surface area contributed by atoms with E-state index in [1.807, 2.05) is 0 Å². The fraction of sp³-hybridized carbons (Fsp3) is 1.00. The zero-order valence-corrected chi connectivity index (χ0v) is 10.5. The number of hydrogen-bond donors (Lipinski definition) is 1. The minimum absolute atomic E-state index is 0.0497. The van der Waals surface area contributed by atoms with Gasteiger partial charge in [0.1, 0.15) is 0 Å². The van der Waals surface area contributed by atoms with Crippen LogP contribution in [-0.2, 0) is 18.9 Å². The maximum atomic E-state index is 10.1. The summed E-state index contributed by atoms with van der Waals surface area (Å²) in [5.41, 5.74) is 0. The number of aliphatic hydroxyl groups excluding tert-OH is 1. The zero-order chi connectivity index (χ0) is 12.3. The number of aliphatic hydroxyl groups is 1. The van der Waals surface area contributed by atoms with Gasteiger partial charge in [0.05, 0.1) is 48.8 Å². The number of fused-ring (bicyclic) bond motifs is 2. The maximum absolute atomic E-state index is 10.1. The first-order chi connectivity index (χ1) is 8.74. The Bertz CT molecular complexity index is 335. The van der Waals surface area contributed by atoms with Crippen LogP contribution in [0.25, 0.3) is 0 Å². The van der Waals surface area contributed by atoms with Crippen LogP contribution < -0.4 is 0 Å². The van der Waals surface area contributed by atoms with Gasteiger partial charge in [-0.1, -0.05) is 0 Å². The number of epoxide rings is 2. The Morgan fingerprint density at radius 2 is 1.39 bits per heavy atom. The topological polar surface area (TPSA) is 63.8 Å². The van der Waals surface area contributed by atoms with Crippen molar-refractivity contribution in [2.75, 3.05) is 7.11 Å². The molecule has 4 aliphatic rings. The highest BCUT2D eigenvalue weighted by Gasteiger charge is 2.52. The predicted octanol–water partition coefficient (Wildman–Crippen LogP) is 0.238. The number of ether oxygens (including phenoxy) is 4. The van der Waals surface area contributed by atoms with Crippen LogP contribution in [0.4, 0.5) is 0 Å². The third kappa shape index (κ3) is 1.98. The Morgan fingerprint density at radius 3 is 2.06 bits per heavy atom. The molecule has 1 N–H and O–H groups in total. The van der Waals surface area contributed by atoms with Crippen LogP contribution in [0, 0.1) is 0 Å². The predicted molar refractivity (Wildman–Crippen MR) is 61.3 cm³/mol. The SMILES string of the molecule is COC1CC2OC2CC1OC1CC2OC2CC1O. The van der Waals surface area contributed by atoms with Crippen molar-refractivity contribution in [3.8, 4) is 0 Å². The highest BCUT2D eigenvalue weighted by atomic mass is 16.6. The van der Waals surface area contributed by atoms with E-state index in [2.05, 4.69) is 0 Å². The smallest absolute Gasteiger partial charge is 0.0868 e. The van der Waals surface area contributed by atoms with E-state index >= 15 is 0 Å². The first kappa shape index (κ1) is 11.6. The van der Waals surface area contributed by atoms with Gasteiger partial charge in [0.15, 0.2) is 0 Å². The van der Waals surface area contributed by atoms with Crippen LogP contribution in [0.2, 0.25) is 0 Å². The second kappa shape index (κ2) is 4.15. The van der Waals surface area contributed by atoms with Gasteiger partial charge in [-0.2, -0.15) is 0 Å². The van der Waals surface area contributed by atoms with Gasteiger partial charge in [-0.25, -0.2) is 0 Å². The van der Waals surface area contributed by atoms with Gasteiger partial charge in [-0.05, 0) is 0 Å². The Kier molecular flexibility index (Phi) is 2.68. The lowest BCUT2D eigenvalue weighted by atomic mass is 9.92. The van der Waals surface area contributed by atoms with Crippen molar-refractivity contribution in [2.45, 2.75) is 74.5 Å². The second-order valence-electron chi connectivity index (χ2n) is 5.92. The molecule has 2 heterocycles. The first-order valence-electron chi connectivity index (χ1n) is 6.92. The Balaban J connectivity index is 1.39. The summed E-state index contributed by atoms with van der Waals surface area (Å²) in [7, 11) is 1.72. The monoisotopic (exact) mass is 256 g/mol. The Labute approximate surface area is 106 Å². The van der Waals surface area contributed by atoms with Crippen molar-refractivity contribution in [2.24, 2.45) is 0 Å². The molecule has 5 heteroatoms. The molecule has 2 aliphatic heterocycles. The molecule has 0 radical (unpaired) electrons. The van der Waals surface area contributed by atoms with Gasteiger partial charge in [0.2, 0.25) is 0 Å². The molecular weight excluding hydrogens is 236 g/mol. The molecule has 18 heavy (non-hydrogen) atoms. The van der Waals surface area contributed by atoms with E-state index in [1.54, 1.807) is 7.11 Å². The minimum atomic E-state index is -0.399. The van der Waals surface area contributed by atoms with Crippen LogP contribution in [-0.4, -0.2) is 61.0 Å². The van der Waals surface area contributed by atoms with Gasteiger partial charge in [-0.15, -0.1) is 0 Å². The minimum Gasteiger partial charge on any atom is -0.390 e. The van der Waals surface area contributed by atoms with E-state index in [-0.39, 0.29) is 24.4 Å². The summed E-state index contributed by atoms with van der Waals surface area (Å²) in [5, 5.41) is 10.1. The summed E-state index contributed by atoms with van der Waals surface area (Å²) in [6.45, 7) is 0. The lowest BCUT2D eigenvalue weighted by Gasteiger charge is -2.34. The van der Waals surface area contributed by atoms with Crippen LogP contribution in [0.5, 0.6) is 0 Å². The molecule has 2 saturated heterocycles. The molecule has 5 nitrogen and oxygen atoms in total. The second-order valence-corrected chi connectivity index (χ2v) is 5.92. The molecule has 4 fully saturated rings. The Morgan fingerprint density at radius 1 is 0.833 bits per heavy atom. The molecule has 8 unspecified atom stereocenters. The molecule has 4 rings (SSSR count). The van der Waals surface area contributed by atoms with Gasteiger partial charge in [0, 0.05) is 32.8 Å². The van der Waals surface area contributed by atoms with Crippen molar-refractivity contribution < 1.29 is 24.1 Å². The summed E-state index contributed by atoms with van der Waals surface area (Å²) < 4.78 is 22.6. The van der Waals surface area contributed by atoms with Crippen LogP contribution in [0.1, 0.15) is 25.7 Å². The van der Waals surface area contributed by atoms with Crippen LogP contribution in [0.3, 0.4) is 0 Å². The van der Waals surface area contributed by atoms with Gasteiger partial charge in [-0.3, -0.25) is 0 Å². The molecule has 0 amide bonds. The normalized spacial score (nSPS) is 57.7. The molecule has 8 atom stereocenters. The largest absolute Gasteiger partial charge is 0.390 e. The molecule has 0 aromatic carbocycles. The zero-order valence-electron chi connectivity index (χ0n) is 10.5. The quantitative estimate of drug-likeness (QED) is 0.733. The third-order valence-corrected chi connectivity index (χ3v) is 4.74. The lowest BCUT2D eigenvalue weighted by molar-refractivity contribution is -0.139. The number of methoxy groups -OCH3 is 1. The van der Waals surface area contributed by atoms with Crippen molar-refractivity contribution in [3.05, 3.63) is 0 Å². The van der Waals surface area contributed by atoms with Crippen LogP contribution >= 0.6 is 0 Å². The molecular formula is C13H20O5. The summed E-state index contributed by atoms with van der Waals surface area (Å²) in [6, 6.07) is 0. The molecule has 0 bridgehead atoms. The van der Waals surface area contributed by atoms with E-state index in [1.165, 1.54) is 0 Å². The van der Waals surface area contributed by atoms with Crippen LogP contribution in [0.15, 0.2) is 0 Å². The van der Waals surface area contributed by atoms with Gasteiger partial charge >= 0.3 is 0 Å². The number of hydrogen-bond acceptors (Lipinski definition) is 5. The lowest BCUT2D eigenvalue weighted by Crippen LogP contribution is -2.44. The van der Waals surface area contributed by atoms with Crippen molar-refractivity contribution in [1.82, 2.24) is 0 Å². The molecule has 2 saturated carbocycles. The van der Waals surface area contributed by atoms with E-state index in [0.29, 0.717) is 24.7 Å². The molecule has 0 aromatic rings. The van der Waals surface area contributed by atoms with Crippen molar-refractivity contribution >= 4 is 0 Å². The fourth-order valence-electron chi connectivity index (χ4n) is 3.49. The summed E-state index contributed by atoms with van der Waals surface area (Å²) >= 11 is 0. The molecule has 0 spiro atoms. The molecule has 0 aromatic heterocycles. The maximum Gasteiger partial charge on any atom is 0.0868 e. The summed E-state index contributed by atoms with van der Waals surface area (Å²) in [6.07, 6.45) is 4.29.